The van der Waals surface area contributed by atoms with Crippen molar-refractivity contribution in [3.8, 4) is 5.75 Å². The molecule has 0 fully saturated rings. The summed E-state index contributed by atoms with van der Waals surface area (Å²) in [6.07, 6.45) is 3.18. The van der Waals surface area contributed by atoms with Crippen LogP contribution in [0.15, 0.2) is 65.6 Å². The van der Waals surface area contributed by atoms with Crippen molar-refractivity contribution < 1.29 is 19.1 Å². The summed E-state index contributed by atoms with van der Waals surface area (Å²) in [5.41, 5.74) is 1.23. The number of ether oxygens (including phenoxy) is 2. The second-order valence-corrected chi connectivity index (χ2v) is 6.27. The summed E-state index contributed by atoms with van der Waals surface area (Å²) < 4.78 is 9.96. The fourth-order valence-electron chi connectivity index (χ4n) is 2.11. The van der Waals surface area contributed by atoms with Gasteiger partial charge in [-0.3, -0.25) is 4.79 Å². The maximum absolute atomic E-state index is 12.4. The molecule has 0 aliphatic carbocycles. The smallest absolute Gasteiger partial charge is 0.330 e. The number of benzene rings is 2. The quantitative estimate of drug-likeness (QED) is 0.429. The van der Waals surface area contributed by atoms with Gasteiger partial charge in [-0.25, -0.2) is 4.79 Å². The van der Waals surface area contributed by atoms with Gasteiger partial charge in [0.15, 0.2) is 0 Å². The van der Waals surface area contributed by atoms with Gasteiger partial charge in [-0.1, -0.05) is 18.2 Å². The SMILES string of the molecule is CCOC(=O)/C=C/CSc1cccc(NC(=O)c2cccc(OC)c2)c1. The van der Waals surface area contributed by atoms with Crippen molar-refractivity contribution in [2.24, 2.45) is 0 Å². The van der Waals surface area contributed by atoms with Crippen LogP contribution in [-0.4, -0.2) is 31.3 Å². The number of nitrogens with one attached hydrogen (secondary N) is 1. The predicted octanol–water partition coefficient (Wildman–Crippen LogP) is 4.16. The molecule has 0 unspecified atom stereocenters. The van der Waals surface area contributed by atoms with Gasteiger partial charge in [-0.05, 0) is 43.3 Å². The third-order valence-corrected chi connectivity index (χ3v) is 4.26. The number of anilines is 1. The maximum atomic E-state index is 12.4. The molecule has 0 aliphatic rings. The number of amides is 1. The molecule has 0 aromatic heterocycles. The Morgan fingerprint density at radius 3 is 2.73 bits per heavy atom. The lowest BCUT2D eigenvalue weighted by atomic mass is 10.2. The first kappa shape index (κ1) is 19.6. The van der Waals surface area contributed by atoms with Crippen LogP contribution in [0.1, 0.15) is 17.3 Å². The van der Waals surface area contributed by atoms with Gasteiger partial charge in [0.05, 0.1) is 13.7 Å². The van der Waals surface area contributed by atoms with E-state index in [1.54, 1.807) is 56.1 Å². The Kier molecular flexibility index (Phi) is 7.76. The minimum absolute atomic E-state index is 0.201. The van der Waals surface area contributed by atoms with Crippen molar-refractivity contribution in [3.05, 3.63) is 66.2 Å². The molecule has 1 N–H and O–H groups in total. The van der Waals surface area contributed by atoms with Gasteiger partial charge in [0.1, 0.15) is 5.75 Å². The number of rotatable bonds is 8. The van der Waals surface area contributed by atoms with Crippen LogP contribution in [0, 0.1) is 0 Å². The zero-order valence-corrected chi connectivity index (χ0v) is 15.5. The van der Waals surface area contributed by atoms with Crippen LogP contribution in [0.2, 0.25) is 0 Å². The Hall–Kier alpha value is -2.73. The molecular weight excluding hydrogens is 350 g/mol. The molecule has 6 heteroatoms. The summed E-state index contributed by atoms with van der Waals surface area (Å²) in [6.45, 7) is 2.14. The van der Waals surface area contributed by atoms with E-state index in [2.05, 4.69) is 5.32 Å². The number of carbonyl (C=O) groups is 2. The van der Waals surface area contributed by atoms with Crippen LogP contribution >= 0.6 is 11.8 Å². The standard InChI is InChI=1S/C20H21NO4S/c1-3-25-19(22)11-6-12-26-18-10-5-8-16(14-18)21-20(23)15-7-4-9-17(13-15)24-2/h4-11,13-14H,3,12H2,1-2H3,(H,21,23)/b11-6+. The van der Waals surface area contributed by atoms with Crippen LogP contribution < -0.4 is 10.1 Å². The van der Waals surface area contributed by atoms with Gasteiger partial charge < -0.3 is 14.8 Å². The molecule has 0 radical (unpaired) electrons. The first-order chi connectivity index (χ1) is 12.6. The molecule has 5 nitrogen and oxygen atoms in total. The molecule has 2 aromatic rings. The topological polar surface area (TPSA) is 64.6 Å². The van der Waals surface area contributed by atoms with E-state index in [4.69, 9.17) is 9.47 Å². The monoisotopic (exact) mass is 371 g/mol. The van der Waals surface area contributed by atoms with Crippen molar-refractivity contribution in [1.82, 2.24) is 0 Å². The molecule has 2 rings (SSSR count). The fraction of sp³-hybridized carbons (Fsp3) is 0.200. The number of methoxy groups -OCH3 is 1. The van der Waals surface area contributed by atoms with E-state index in [0.29, 0.717) is 29.4 Å². The fourth-order valence-corrected chi connectivity index (χ4v) is 2.88. The highest BCUT2D eigenvalue weighted by Gasteiger charge is 2.07. The Morgan fingerprint density at radius 2 is 1.96 bits per heavy atom. The van der Waals surface area contributed by atoms with E-state index in [0.717, 1.165) is 4.90 Å². The molecule has 0 atom stereocenters. The van der Waals surface area contributed by atoms with Gasteiger partial charge in [-0.2, -0.15) is 0 Å². The van der Waals surface area contributed by atoms with Gasteiger partial charge in [-0.15, -0.1) is 11.8 Å². The molecule has 0 heterocycles. The lowest BCUT2D eigenvalue weighted by Gasteiger charge is -2.08. The Balaban J connectivity index is 1.93. The summed E-state index contributed by atoms with van der Waals surface area (Å²) in [5, 5.41) is 2.88. The summed E-state index contributed by atoms with van der Waals surface area (Å²) in [5.74, 6) is 0.725. The van der Waals surface area contributed by atoms with E-state index < -0.39 is 0 Å². The number of thioether (sulfide) groups is 1. The minimum atomic E-state index is -0.340. The Labute approximate surface area is 157 Å². The van der Waals surface area contributed by atoms with Crippen molar-refractivity contribution in [1.29, 1.82) is 0 Å². The molecule has 0 bridgehead atoms. The van der Waals surface area contributed by atoms with Gasteiger partial charge in [0, 0.05) is 28.0 Å². The third kappa shape index (κ3) is 6.29. The largest absolute Gasteiger partial charge is 0.497 e. The van der Waals surface area contributed by atoms with Crippen LogP contribution in [0.4, 0.5) is 5.69 Å². The Bertz CT molecular complexity index is 789. The van der Waals surface area contributed by atoms with Crippen LogP contribution in [0.5, 0.6) is 5.75 Å². The van der Waals surface area contributed by atoms with Crippen molar-refractivity contribution in [2.45, 2.75) is 11.8 Å². The number of esters is 1. The Morgan fingerprint density at radius 1 is 1.15 bits per heavy atom. The minimum Gasteiger partial charge on any atom is -0.497 e. The van der Waals surface area contributed by atoms with Gasteiger partial charge in [0.2, 0.25) is 0 Å². The summed E-state index contributed by atoms with van der Waals surface area (Å²) >= 11 is 1.56. The second-order valence-electron chi connectivity index (χ2n) is 5.18. The van der Waals surface area contributed by atoms with Crippen molar-refractivity contribution in [3.63, 3.8) is 0 Å². The number of hydrogen-bond acceptors (Lipinski definition) is 5. The van der Waals surface area contributed by atoms with Gasteiger partial charge in [0.25, 0.3) is 5.91 Å². The molecular formula is C20H21NO4S. The average Bonchev–Trinajstić information content (AvgIpc) is 2.66. The molecule has 136 valence electrons. The highest BCUT2D eigenvalue weighted by Crippen LogP contribution is 2.22. The first-order valence-corrected chi connectivity index (χ1v) is 9.12. The second kappa shape index (κ2) is 10.3. The van der Waals surface area contributed by atoms with Crippen LogP contribution in [-0.2, 0) is 9.53 Å². The van der Waals surface area contributed by atoms with Gasteiger partial charge >= 0.3 is 5.97 Å². The van der Waals surface area contributed by atoms with Crippen LogP contribution in [0.25, 0.3) is 0 Å². The summed E-state index contributed by atoms with van der Waals surface area (Å²) in [4.78, 5) is 24.6. The maximum Gasteiger partial charge on any atom is 0.330 e. The van der Waals surface area contributed by atoms with Crippen molar-refractivity contribution >= 4 is 29.3 Å². The zero-order chi connectivity index (χ0) is 18.8. The highest BCUT2D eigenvalue weighted by atomic mass is 32.2. The molecule has 0 saturated carbocycles. The third-order valence-electron chi connectivity index (χ3n) is 3.31. The van der Waals surface area contributed by atoms with Crippen LogP contribution in [0.3, 0.4) is 0 Å². The number of hydrogen-bond donors (Lipinski definition) is 1. The first-order valence-electron chi connectivity index (χ1n) is 8.14. The predicted molar refractivity (Wildman–Crippen MR) is 104 cm³/mol. The molecule has 0 aliphatic heterocycles. The lowest BCUT2D eigenvalue weighted by molar-refractivity contribution is -0.137. The lowest BCUT2D eigenvalue weighted by Crippen LogP contribution is -2.11. The molecule has 26 heavy (non-hydrogen) atoms. The van der Waals surface area contributed by atoms with E-state index in [9.17, 15) is 9.59 Å². The van der Waals surface area contributed by atoms with Crippen molar-refractivity contribution in [2.75, 3.05) is 24.8 Å². The van der Waals surface area contributed by atoms with E-state index in [1.807, 2.05) is 24.3 Å². The summed E-state index contributed by atoms with van der Waals surface area (Å²) in [7, 11) is 1.56. The van der Waals surface area contributed by atoms with E-state index >= 15 is 0 Å². The summed E-state index contributed by atoms with van der Waals surface area (Å²) in [6, 6.07) is 14.5. The molecule has 1 amide bonds. The molecule has 2 aromatic carbocycles. The molecule has 0 saturated heterocycles. The zero-order valence-electron chi connectivity index (χ0n) is 14.7. The van der Waals surface area contributed by atoms with E-state index in [-0.39, 0.29) is 11.9 Å². The van der Waals surface area contributed by atoms with E-state index in [1.165, 1.54) is 6.08 Å². The highest BCUT2D eigenvalue weighted by molar-refractivity contribution is 7.99. The average molecular weight is 371 g/mol. The number of carbonyl (C=O) groups excluding carboxylic acids is 2. The normalized spacial score (nSPS) is 10.5. The molecule has 0 spiro atoms.